The maximum absolute atomic E-state index is 12.4. The molecule has 3 aromatic carbocycles. The van der Waals surface area contributed by atoms with Crippen LogP contribution in [0, 0.1) is 0 Å². The van der Waals surface area contributed by atoms with E-state index in [-0.39, 0.29) is 0 Å². The molecule has 1 aliphatic rings. The highest BCUT2D eigenvalue weighted by atomic mass is 16.6. The zero-order valence-corrected chi connectivity index (χ0v) is 15.0. The van der Waals surface area contributed by atoms with Gasteiger partial charge in [-0.15, -0.1) is 0 Å². The Morgan fingerprint density at radius 1 is 0.750 bits per heavy atom. The van der Waals surface area contributed by atoms with Crippen LogP contribution in [0.3, 0.4) is 0 Å². The van der Waals surface area contributed by atoms with Crippen molar-refractivity contribution in [2.45, 2.75) is 0 Å². The highest BCUT2D eigenvalue weighted by molar-refractivity contribution is 6.08. The fourth-order valence-corrected chi connectivity index (χ4v) is 2.93. The molecule has 140 valence electrons. The molecule has 3 aromatic rings. The number of hydrogen-bond donors (Lipinski definition) is 2. The molecule has 0 aromatic heterocycles. The van der Waals surface area contributed by atoms with Crippen LogP contribution in [0.1, 0.15) is 10.4 Å². The normalized spacial score (nSPS) is 12.1. The van der Waals surface area contributed by atoms with Gasteiger partial charge in [-0.05, 0) is 41.5 Å². The number of amides is 3. The molecule has 0 saturated carbocycles. The number of carbonyl (C=O) groups is 2. The van der Waals surface area contributed by atoms with Crippen molar-refractivity contribution >= 4 is 17.6 Å². The smallest absolute Gasteiger partial charge is 0.326 e. The number of ether oxygens (including phenoxy) is 2. The number of carbonyl (C=O) groups excluding carboxylic acids is 2. The molecule has 3 amide bonds. The number of hydrogen-bond acceptors (Lipinski definition) is 4. The second-order valence-electron chi connectivity index (χ2n) is 6.21. The molecule has 0 bridgehead atoms. The summed E-state index contributed by atoms with van der Waals surface area (Å²) in [6, 6.07) is 21.5. The van der Waals surface area contributed by atoms with E-state index in [1.54, 1.807) is 24.3 Å². The molecule has 28 heavy (non-hydrogen) atoms. The first-order chi connectivity index (χ1) is 13.7. The molecule has 0 saturated heterocycles. The minimum Gasteiger partial charge on any atom is -0.486 e. The first kappa shape index (κ1) is 17.6. The molecule has 1 aliphatic heterocycles. The zero-order valence-electron chi connectivity index (χ0n) is 15.0. The monoisotopic (exact) mass is 374 g/mol. The number of anilines is 1. The molecule has 6 nitrogen and oxygen atoms in total. The Balaban J connectivity index is 1.42. The summed E-state index contributed by atoms with van der Waals surface area (Å²) in [7, 11) is 0. The summed E-state index contributed by atoms with van der Waals surface area (Å²) in [4.78, 5) is 24.6. The van der Waals surface area contributed by atoms with Gasteiger partial charge in [0, 0.05) is 11.3 Å². The van der Waals surface area contributed by atoms with Crippen molar-refractivity contribution in [3.05, 3.63) is 78.4 Å². The summed E-state index contributed by atoms with van der Waals surface area (Å²) in [5, 5.41) is 5.01. The van der Waals surface area contributed by atoms with Gasteiger partial charge in [0.25, 0.3) is 5.91 Å². The molecule has 0 radical (unpaired) electrons. The third-order valence-electron chi connectivity index (χ3n) is 4.26. The van der Waals surface area contributed by atoms with Gasteiger partial charge in [-0.3, -0.25) is 10.1 Å². The molecular weight excluding hydrogens is 356 g/mol. The number of urea groups is 1. The van der Waals surface area contributed by atoms with Crippen LogP contribution in [-0.4, -0.2) is 25.2 Å². The Hall–Kier alpha value is -3.80. The molecule has 2 N–H and O–H groups in total. The lowest BCUT2D eigenvalue weighted by Crippen LogP contribution is -2.34. The lowest BCUT2D eigenvalue weighted by Gasteiger charge is -2.18. The Labute approximate surface area is 162 Å². The maximum Gasteiger partial charge on any atom is 0.326 e. The average Bonchev–Trinajstić information content (AvgIpc) is 2.74. The van der Waals surface area contributed by atoms with Crippen LogP contribution in [0.2, 0.25) is 0 Å². The summed E-state index contributed by atoms with van der Waals surface area (Å²) in [6.07, 6.45) is 0. The molecule has 0 spiro atoms. The van der Waals surface area contributed by atoms with Crippen molar-refractivity contribution in [2.24, 2.45) is 0 Å². The predicted molar refractivity (Wildman–Crippen MR) is 106 cm³/mol. The summed E-state index contributed by atoms with van der Waals surface area (Å²) in [5.41, 5.74) is 2.92. The quantitative estimate of drug-likeness (QED) is 0.724. The fourth-order valence-electron chi connectivity index (χ4n) is 2.93. The highest BCUT2D eigenvalue weighted by Crippen LogP contribution is 2.30. The van der Waals surface area contributed by atoms with Crippen LogP contribution < -0.4 is 20.1 Å². The maximum atomic E-state index is 12.4. The van der Waals surface area contributed by atoms with Crippen molar-refractivity contribution < 1.29 is 19.1 Å². The average molecular weight is 374 g/mol. The van der Waals surface area contributed by atoms with E-state index < -0.39 is 11.9 Å². The molecule has 0 fully saturated rings. The first-order valence-electron chi connectivity index (χ1n) is 8.86. The predicted octanol–water partition coefficient (Wildman–Crippen LogP) is 4.09. The summed E-state index contributed by atoms with van der Waals surface area (Å²) in [6.45, 7) is 0.902. The highest BCUT2D eigenvalue weighted by Gasteiger charge is 2.16. The molecule has 1 heterocycles. The van der Waals surface area contributed by atoms with Gasteiger partial charge < -0.3 is 14.8 Å². The number of fused-ring (bicyclic) bond motifs is 1. The zero-order chi connectivity index (χ0) is 19.3. The van der Waals surface area contributed by atoms with E-state index in [1.807, 2.05) is 48.5 Å². The van der Waals surface area contributed by atoms with Gasteiger partial charge in [0.05, 0.1) is 0 Å². The van der Waals surface area contributed by atoms with Crippen molar-refractivity contribution in [1.82, 2.24) is 5.32 Å². The number of rotatable bonds is 3. The van der Waals surface area contributed by atoms with E-state index in [2.05, 4.69) is 10.6 Å². The van der Waals surface area contributed by atoms with Gasteiger partial charge in [0.15, 0.2) is 11.5 Å². The largest absolute Gasteiger partial charge is 0.486 e. The molecule has 4 rings (SSSR count). The van der Waals surface area contributed by atoms with Gasteiger partial charge in [-0.1, -0.05) is 42.5 Å². The fraction of sp³-hybridized carbons (Fsp3) is 0.0909. The van der Waals surface area contributed by atoms with Gasteiger partial charge in [0.2, 0.25) is 0 Å². The van der Waals surface area contributed by atoms with E-state index in [4.69, 9.17) is 9.47 Å². The molecule has 0 atom stereocenters. The van der Waals surface area contributed by atoms with E-state index in [1.165, 1.54) is 0 Å². The van der Waals surface area contributed by atoms with Crippen LogP contribution in [0.25, 0.3) is 11.1 Å². The van der Waals surface area contributed by atoms with Crippen molar-refractivity contribution in [2.75, 3.05) is 18.5 Å². The van der Waals surface area contributed by atoms with Crippen LogP contribution >= 0.6 is 0 Å². The van der Waals surface area contributed by atoms with Gasteiger partial charge in [-0.2, -0.15) is 0 Å². The van der Waals surface area contributed by atoms with E-state index in [9.17, 15) is 9.59 Å². The Morgan fingerprint density at radius 2 is 1.50 bits per heavy atom. The minimum atomic E-state index is -0.606. The SMILES string of the molecule is O=C(NC(=O)c1ccc2c(c1)OCCO2)Nc1cccc(-c2ccccc2)c1. The number of nitrogens with one attached hydrogen (secondary N) is 2. The Morgan fingerprint density at radius 3 is 2.32 bits per heavy atom. The van der Waals surface area contributed by atoms with Gasteiger partial charge in [0.1, 0.15) is 13.2 Å². The molecule has 0 aliphatic carbocycles. The lowest BCUT2D eigenvalue weighted by atomic mass is 10.1. The van der Waals surface area contributed by atoms with Crippen LogP contribution in [0.4, 0.5) is 10.5 Å². The van der Waals surface area contributed by atoms with Crippen molar-refractivity contribution in [3.63, 3.8) is 0 Å². The molecule has 6 heteroatoms. The first-order valence-corrected chi connectivity index (χ1v) is 8.86. The van der Waals surface area contributed by atoms with Crippen molar-refractivity contribution in [1.29, 1.82) is 0 Å². The van der Waals surface area contributed by atoms with Gasteiger partial charge in [-0.25, -0.2) is 4.79 Å². The Kier molecular flexibility index (Phi) is 4.93. The number of imide groups is 1. The minimum absolute atomic E-state index is 0.317. The summed E-state index contributed by atoms with van der Waals surface area (Å²) < 4.78 is 10.9. The summed E-state index contributed by atoms with van der Waals surface area (Å²) >= 11 is 0. The van der Waals surface area contributed by atoms with Gasteiger partial charge >= 0.3 is 6.03 Å². The van der Waals surface area contributed by atoms with Crippen LogP contribution in [-0.2, 0) is 0 Å². The van der Waals surface area contributed by atoms with E-state index >= 15 is 0 Å². The van der Waals surface area contributed by atoms with Crippen LogP contribution in [0.15, 0.2) is 72.8 Å². The topological polar surface area (TPSA) is 76.7 Å². The second kappa shape index (κ2) is 7.84. The lowest BCUT2D eigenvalue weighted by molar-refractivity contribution is 0.0966. The third-order valence-corrected chi connectivity index (χ3v) is 4.26. The van der Waals surface area contributed by atoms with E-state index in [0.717, 1.165) is 11.1 Å². The van der Waals surface area contributed by atoms with Crippen LogP contribution in [0.5, 0.6) is 11.5 Å². The third kappa shape index (κ3) is 3.96. The standard InChI is InChI=1S/C22H18N2O4/c25-21(17-9-10-19-20(14-17)28-12-11-27-19)24-22(26)23-18-8-4-7-16(13-18)15-5-2-1-3-6-15/h1-10,13-14H,11-12H2,(H2,23,24,25,26). The molecule has 0 unspecified atom stereocenters. The van der Waals surface area contributed by atoms with Crippen molar-refractivity contribution in [3.8, 4) is 22.6 Å². The Bertz CT molecular complexity index is 1020. The van der Waals surface area contributed by atoms with E-state index in [0.29, 0.717) is 36.0 Å². The summed E-state index contributed by atoms with van der Waals surface area (Å²) in [5.74, 6) is 0.563. The number of benzene rings is 3. The second-order valence-corrected chi connectivity index (χ2v) is 6.21. The molecular formula is C22H18N2O4.